The van der Waals surface area contributed by atoms with Crippen LogP contribution in [0.25, 0.3) is 0 Å². The quantitative estimate of drug-likeness (QED) is 0.795. The second-order valence-corrected chi connectivity index (χ2v) is 6.66. The Hall–Kier alpha value is -1.08. The normalized spacial score (nSPS) is 11.2. The van der Waals surface area contributed by atoms with Crippen LogP contribution in [0.3, 0.4) is 0 Å². The summed E-state index contributed by atoms with van der Waals surface area (Å²) in [4.78, 5) is 11.4. The van der Waals surface area contributed by atoms with Crippen molar-refractivity contribution < 1.29 is 13.2 Å². The van der Waals surface area contributed by atoms with Gasteiger partial charge in [0, 0.05) is 11.0 Å². The molecule has 0 heterocycles. The fourth-order valence-corrected chi connectivity index (χ4v) is 3.19. The Kier molecular flexibility index (Phi) is 5.15. The summed E-state index contributed by atoms with van der Waals surface area (Å²) in [6.07, 6.45) is 0.755. The van der Waals surface area contributed by atoms with Crippen molar-refractivity contribution in [1.82, 2.24) is 5.32 Å². The number of nitrogens with one attached hydrogen (secondary N) is 1. The molecule has 1 rings (SSSR count). The number of carbonyl (C=O) groups is 1. The molecule has 1 amide bonds. The third kappa shape index (κ3) is 3.99. The average molecular weight is 335 g/mol. The summed E-state index contributed by atoms with van der Waals surface area (Å²) in [5, 5.41) is 2.52. The van der Waals surface area contributed by atoms with Gasteiger partial charge in [-0.3, -0.25) is 4.79 Å². The zero-order chi connectivity index (χ0) is 13.8. The van der Waals surface area contributed by atoms with Crippen LogP contribution in [0.15, 0.2) is 27.6 Å². The Morgan fingerprint density at radius 3 is 2.72 bits per heavy atom. The second kappa shape index (κ2) is 6.19. The number of amides is 1. The van der Waals surface area contributed by atoms with Crippen LogP contribution in [0.5, 0.6) is 0 Å². The molecule has 0 aromatic heterocycles. The van der Waals surface area contributed by atoms with Crippen molar-refractivity contribution in [3.63, 3.8) is 0 Å². The molecule has 0 atom stereocenters. The van der Waals surface area contributed by atoms with E-state index in [0.717, 1.165) is 6.42 Å². The van der Waals surface area contributed by atoms with Gasteiger partial charge in [-0.25, -0.2) is 8.42 Å². The summed E-state index contributed by atoms with van der Waals surface area (Å²) in [6, 6.07) is 4.53. The van der Waals surface area contributed by atoms with Crippen LogP contribution >= 0.6 is 15.9 Å². The lowest BCUT2D eigenvalue weighted by Gasteiger charge is -2.08. The van der Waals surface area contributed by atoms with Gasteiger partial charge in [0.15, 0.2) is 9.84 Å². The first kappa shape index (κ1) is 15.0. The van der Waals surface area contributed by atoms with Gasteiger partial charge in [-0.05, 0) is 24.6 Å². The van der Waals surface area contributed by atoms with Crippen LogP contribution < -0.4 is 11.1 Å². The van der Waals surface area contributed by atoms with E-state index in [-0.39, 0.29) is 10.6 Å². The molecule has 0 aliphatic rings. The molecule has 3 N–H and O–H groups in total. The van der Waals surface area contributed by atoms with Gasteiger partial charge in [0.2, 0.25) is 5.91 Å². The maximum absolute atomic E-state index is 12.0. The number of hydrogen-bond acceptors (Lipinski definition) is 4. The summed E-state index contributed by atoms with van der Waals surface area (Å²) in [7, 11) is -3.71. The SMILES string of the molecule is CCCNC(=O)CS(=O)(=O)c1cc(Br)ccc1N. The molecule has 5 nitrogen and oxygen atoms in total. The monoisotopic (exact) mass is 334 g/mol. The van der Waals surface area contributed by atoms with Crippen molar-refractivity contribution >= 4 is 37.4 Å². The van der Waals surface area contributed by atoms with E-state index < -0.39 is 21.5 Å². The van der Waals surface area contributed by atoms with E-state index in [1.165, 1.54) is 12.1 Å². The largest absolute Gasteiger partial charge is 0.398 e. The molecule has 0 radical (unpaired) electrons. The number of benzene rings is 1. The molecular weight excluding hydrogens is 320 g/mol. The third-order valence-corrected chi connectivity index (χ3v) is 4.36. The summed E-state index contributed by atoms with van der Waals surface area (Å²) in [6.45, 7) is 2.35. The van der Waals surface area contributed by atoms with Gasteiger partial charge in [-0.2, -0.15) is 0 Å². The van der Waals surface area contributed by atoms with Crippen LogP contribution in [0, 0.1) is 0 Å². The molecular formula is C11H15BrN2O3S. The lowest BCUT2D eigenvalue weighted by molar-refractivity contribution is -0.118. The molecule has 0 aliphatic heterocycles. The predicted octanol–water partition coefficient (Wildman–Crippen LogP) is 1.33. The lowest BCUT2D eigenvalue weighted by atomic mass is 10.3. The molecule has 0 unspecified atom stereocenters. The fourth-order valence-electron chi connectivity index (χ4n) is 1.34. The van der Waals surface area contributed by atoms with Gasteiger partial charge in [0.05, 0.1) is 10.6 Å². The van der Waals surface area contributed by atoms with E-state index in [1.54, 1.807) is 6.07 Å². The van der Waals surface area contributed by atoms with Gasteiger partial charge < -0.3 is 11.1 Å². The van der Waals surface area contributed by atoms with Gasteiger partial charge in [0.1, 0.15) is 5.75 Å². The Labute approximate surface area is 115 Å². The van der Waals surface area contributed by atoms with Crippen molar-refractivity contribution in [1.29, 1.82) is 0 Å². The first-order valence-electron chi connectivity index (χ1n) is 5.41. The number of carbonyl (C=O) groups excluding carboxylic acids is 1. The Morgan fingerprint density at radius 2 is 2.11 bits per heavy atom. The molecule has 0 fully saturated rings. The standard InChI is InChI=1S/C11H15BrN2O3S/c1-2-5-14-11(15)7-18(16,17)10-6-8(12)3-4-9(10)13/h3-4,6H,2,5,7,13H2,1H3,(H,14,15). The molecule has 100 valence electrons. The highest BCUT2D eigenvalue weighted by Gasteiger charge is 2.21. The van der Waals surface area contributed by atoms with Crippen LogP contribution in [-0.4, -0.2) is 26.6 Å². The van der Waals surface area contributed by atoms with E-state index in [0.29, 0.717) is 11.0 Å². The molecule has 7 heteroatoms. The molecule has 0 spiro atoms. The minimum Gasteiger partial charge on any atom is -0.398 e. The van der Waals surface area contributed by atoms with Crippen LogP contribution in [0.4, 0.5) is 5.69 Å². The summed E-state index contributed by atoms with van der Waals surface area (Å²) < 4.78 is 24.6. The number of rotatable bonds is 5. The number of nitrogens with two attached hydrogens (primary N) is 1. The van der Waals surface area contributed by atoms with E-state index >= 15 is 0 Å². The van der Waals surface area contributed by atoms with Crippen molar-refractivity contribution in [2.45, 2.75) is 18.2 Å². The number of nitrogen functional groups attached to an aromatic ring is 1. The summed E-state index contributed by atoms with van der Waals surface area (Å²) in [5.74, 6) is -1.11. The Bertz CT molecular complexity index is 543. The van der Waals surface area contributed by atoms with Gasteiger partial charge in [0.25, 0.3) is 0 Å². The van der Waals surface area contributed by atoms with Crippen molar-refractivity contribution in [3.05, 3.63) is 22.7 Å². The molecule has 1 aromatic carbocycles. The van der Waals surface area contributed by atoms with Crippen LogP contribution in [0.1, 0.15) is 13.3 Å². The molecule has 18 heavy (non-hydrogen) atoms. The fraction of sp³-hybridized carbons (Fsp3) is 0.364. The van der Waals surface area contributed by atoms with Crippen molar-refractivity contribution in [3.8, 4) is 0 Å². The summed E-state index contributed by atoms with van der Waals surface area (Å²) >= 11 is 3.18. The Balaban J connectivity index is 2.93. The maximum Gasteiger partial charge on any atom is 0.235 e. The van der Waals surface area contributed by atoms with Gasteiger partial charge >= 0.3 is 0 Å². The minimum absolute atomic E-state index is 0.0245. The molecule has 1 aromatic rings. The Morgan fingerprint density at radius 1 is 1.44 bits per heavy atom. The van der Waals surface area contributed by atoms with E-state index in [9.17, 15) is 13.2 Å². The first-order chi connectivity index (χ1) is 8.36. The molecule has 0 saturated carbocycles. The second-order valence-electron chi connectivity index (χ2n) is 3.79. The highest BCUT2D eigenvalue weighted by atomic mass is 79.9. The van der Waals surface area contributed by atoms with Crippen molar-refractivity contribution in [2.75, 3.05) is 18.0 Å². The third-order valence-electron chi connectivity index (χ3n) is 2.20. The van der Waals surface area contributed by atoms with Crippen LogP contribution in [0.2, 0.25) is 0 Å². The highest BCUT2D eigenvalue weighted by molar-refractivity contribution is 9.10. The number of anilines is 1. The van der Waals surface area contributed by atoms with Crippen LogP contribution in [-0.2, 0) is 14.6 Å². The first-order valence-corrected chi connectivity index (χ1v) is 7.86. The zero-order valence-corrected chi connectivity index (χ0v) is 12.3. The zero-order valence-electron chi connectivity index (χ0n) is 9.94. The van der Waals surface area contributed by atoms with Gasteiger partial charge in [-0.1, -0.05) is 22.9 Å². The smallest absolute Gasteiger partial charge is 0.235 e. The van der Waals surface area contributed by atoms with E-state index in [1.807, 2.05) is 6.92 Å². The molecule has 0 bridgehead atoms. The highest BCUT2D eigenvalue weighted by Crippen LogP contribution is 2.23. The topological polar surface area (TPSA) is 89.3 Å². The predicted molar refractivity (Wildman–Crippen MR) is 73.9 cm³/mol. The van der Waals surface area contributed by atoms with E-state index in [2.05, 4.69) is 21.2 Å². The number of halogens is 1. The number of sulfone groups is 1. The van der Waals surface area contributed by atoms with E-state index in [4.69, 9.17) is 5.73 Å². The summed E-state index contributed by atoms with van der Waals surface area (Å²) in [5.41, 5.74) is 5.76. The molecule has 0 aliphatic carbocycles. The molecule has 0 saturated heterocycles. The van der Waals surface area contributed by atoms with Crippen molar-refractivity contribution in [2.24, 2.45) is 0 Å². The van der Waals surface area contributed by atoms with Gasteiger partial charge in [-0.15, -0.1) is 0 Å². The maximum atomic E-state index is 12.0. The number of hydrogen-bond donors (Lipinski definition) is 2. The average Bonchev–Trinajstić information content (AvgIpc) is 2.29. The lowest BCUT2D eigenvalue weighted by Crippen LogP contribution is -2.31. The minimum atomic E-state index is -3.71.